The van der Waals surface area contributed by atoms with E-state index < -0.39 is 12.2 Å². The van der Waals surface area contributed by atoms with Crippen LogP contribution in [0.3, 0.4) is 0 Å². The van der Waals surface area contributed by atoms with Crippen molar-refractivity contribution < 1.29 is 10.2 Å². The number of anilines is 2. The van der Waals surface area contributed by atoms with Crippen LogP contribution in [0, 0.1) is 0 Å². The predicted octanol–water partition coefficient (Wildman–Crippen LogP) is 5.24. The lowest BCUT2D eigenvalue weighted by molar-refractivity contribution is 0.0983. The second kappa shape index (κ2) is 7.49. The summed E-state index contributed by atoms with van der Waals surface area (Å²) in [6, 6.07) is 17.9. The summed E-state index contributed by atoms with van der Waals surface area (Å²) in [7, 11) is 0. The van der Waals surface area contributed by atoms with E-state index in [-0.39, 0.29) is 22.9 Å². The Morgan fingerprint density at radius 1 is 0.639 bits per heavy atom. The average molecular weight is 483 g/mol. The molecule has 0 radical (unpaired) electrons. The highest BCUT2D eigenvalue weighted by molar-refractivity contribution is 5.70. The molecule has 2 unspecified atom stereocenters. The zero-order valence-corrected chi connectivity index (χ0v) is 22.0. The molecule has 4 nitrogen and oxygen atoms in total. The lowest BCUT2D eigenvalue weighted by Crippen LogP contribution is -2.54. The zero-order chi connectivity index (χ0) is 25.0. The van der Waals surface area contributed by atoms with Crippen molar-refractivity contribution >= 4 is 11.4 Å². The van der Waals surface area contributed by atoms with Gasteiger partial charge in [0.15, 0.2) is 0 Å². The lowest BCUT2D eigenvalue weighted by Gasteiger charge is -2.49. The zero-order valence-electron chi connectivity index (χ0n) is 22.0. The van der Waals surface area contributed by atoms with Crippen LogP contribution >= 0.6 is 0 Å². The van der Waals surface area contributed by atoms with Crippen LogP contribution < -0.4 is 9.80 Å². The van der Waals surface area contributed by atoms with Gasteiger partial charge in [0.1, 0.15) is 12.2 Å². The molecule has 2 atom stereocenters. The number of aliphatic hydroxyl groups is 2. The first-order valence-electron chi connectivity index (χ1n) is 13.8. The molecule has 0 bridgehead atoms. The fraction of sp³-hybridized carbons (Fsp3) is 0.500. The van der Waals surface area contributed by atoms with Crippen LogP contribution in [0.25, 0.3) is 0 Å². The number of piperidine rings is 2. The molecule has 4 heteroatoms. The standard InChI is InChI=1S/C32H38N2O2/c1-31(2)21-13-5-7-15-23(21)33-17-9-11-19(29(31)33)25-27(35)26(28(25)36)20-12-10-18-34-24-16-8-6-14-22(24)32(3,4)30(20)34/h5-8,13-16,27-30,35-36H,9-12,17-18H2,1-4H3. The van der Waals surface area contributed by atoms with Gasteiger partial charge in [0.2, 0.25) is 0 Å². The Morgan fingerprint density at radius 2 is 1.03 bits per heavy atom. The van der Waals surface area contributed by atoms with Gasteiger partial charge in [0.25, 0.3) is 0 Å². The maximum absolute atomic E-state index is 11.7. The van der Waals surface area contributed by atoms with E-state index in [9.17, 15) is 10.2 Å². The highest BCUT2D eigenvalue weighted by Gasteiger charge is 2.54. The maximum atomic E-state index is 11.7. The summed E-state index contributed by atoms with van der Waals surface area (Å²) < 4.78 is 0. The van der Waals surface area contributed by atoms with Crippen LogP contribution in [0.2, 0.25) is 0 Å². The van der Waals surface area contributed by atoms with Gasteiger partial charge in [-0.25, -0.2) is 0 Å². The van der Waals surface area contributed by atoms with E-state index in [1.54, 1.807) is 0 Å². The van der Waals surface area contributed by atoms with Gasteiger partial charge in [-0.15, -0.1) is 0 Å². The number of aliphatic hydroxyl groups excluding tert-OH is 2. The van der Waals surface area contributed by atoms with Gasteiger partial charge in [-0.3, -0.25) is 0 Å². The molecule has 0 amide bonds. The van der Waals surface area contributed by atoms with E-state index in [0.29, 0.717) is 0 Å². The highest BCUT2D eigenvalue weighted by atomic mass is 16.3. The number of rotatable bonds is 0. The van der Waals surface area contributed by atoms with E-state index in [1.165, 1.54) is 33.6 Å². The van der Waals surface area contributed by atoms with Gasteiger partial charge in [0.05, 0.1) is 12.1 Å². The SMILES string of the molecule is CC1(C)c2ccccc2N2CCCC(=C3C(O)C(=C4CCCN5c6ccccc6C(C)(C)C45)C3O)C21. The first kappa shape index (κ1) is 22.6. The van der Waals surface area contributed by atoms with E-state index >= 15 is 0 Å². The third kappa shape index (κ3) is 2.72. The molecule has 5 aliphatic rings. The van der Waals surface area contributed by atoms with Crippen molar-refractivity contribution in [2.24, 2.45) is 0 Å². The second-order valence-electron chi connectivity index (χ2n) is 12.6. The molecule has 2 saturated heterocycles. The fourth-order valence-corrected chi connectivity index (χ4v) is 8.63. The summed E-state index contributed by atoms with van der Waals surface area (Å²) in [4.78, 5) is 5.07. The van der Waals surface area contributed by atoms with Gasteiger partial charge in [0, 0.05) is 35.3 Å². The molecule has 7 rings (SSSR count). The van der Waals surface area contributed by atoms with E-state index in [0.717, 1.165) is 49.9 Å². The van der Waals surface area contributed by atoms with Gasteiger partial charge in [-0.05, 0) is 71.2 Å². The van der Waals surface area contributed by atoms with E-state index in [1.807, 2.05) is 0 Å². The van der Waals surface area contributed by atoms with Crippen LogP contribution in [0.4, 0.5) is 11.4 Å². The number of fused-ring (bicyclic) bond motifs is 6. The maximum Gasteiger partial charge on any atom is 0.102 e. The molecule has 2 N–H and O–H groups in total. The van der Waals surface area contributed by atoms with Crippen molar-refractivity contribution in [1.82, 2.24) is 0 Å². The number of nitrogens with zero attached hydrogens (tertiary/aromatic N) is 2. The van der Waals surface area contributed by atoms with Crippen molar-refractivity contribution in [3.05, 3.63) is 82.0 Å². The minimum atomic E-state index is -0.663. The Bertz CT molecular complexity index is 1210. The van der Waals surface area contributed by atoms with Crippen molar-refractivity contribution in [3.63, 3.8) is 0 Å². The summed E-state index contributed by atoms with van der Waals surface area (Å²) in [5, 5.41) is 23.5. The summed E-state index contributed by atoms with van der Waals surface area (Å²) >= 11 is 0. The third-order valence-corrected chi connectivity index (χ3v) is 10.1. The highest BCUT2D eigenvalue weighted by Crippen LogP contribution is 2.56. The summed E-state index contributed by atoms with van der Waals surface area (Å²) in [5.41, 5.74) is 9.60. The van der Waals surface area contributed by atoms with Crippen LogP contribution in [0.5, 0.6) is 0 Å². The third-order valence-electron chi connectivity index (χ3n) is 10.1. The molecule has 188 valence electrons. The molecule has 3 fully saturated rings. The molecule has 1 saturated carbocycles. The van der Waals surface area contributed by atoms with E-state index in [2.05, 4.69) is 86.0 Å². The predicted molar refractivity (Wildman–Crippen MR) is 146 cm³/mol. The molecule has 2 aromatic carbocycles. The lowest BCUT2D eigenvalue weighted by atomic mass is 9.64. The Labute approximate surface area is 214 Å². The minimum absolute atomic E-state index is 0.0571. The Kier molecular flexibility index (Phi) is 4.71. The monoisotopic (exact) mass is 482 g/mol. The average Bonchev–Trinajstić information content (AvgIpc) is 3.26. The molecule has 36 heavy (non-hydrogen) atoms. The van der Waals surface area contributed by atoms with Crippen molar-refractivity contribution in [3.8, 4) is 0 Å². The van der Waals surface area contributed by atoms with Crippen LogP contribution in [0.1, 0.15) is 64.5 Å². The quantitative estimate of drug-likeness (QED) is 0.505. The van der Waals surface area contributed by atoms with E-state index in [4.69, 9.17) is 0 Å². The molecule has 0 aromatic heterocycles. The largest absolute Gasteiger partial charge is 0.384 e. The molecule has 0 spiro atoms. The van der Waals surface area contributed by atoms with Crippen molar-refractivity contribution in [2.75, 3.05) is 22.9 Å². The van der Waals surface area contributed by atoms with Crippen LogP contribution in [-0.2, 0) is 10.8 Å². The molecular weight excluding hydrogens is 444 g/mol. The van der Waals surface area contributed by atoms with Crippen LogP contribution in [-0.4, -0.2) is 47.6 Å². The Hall–Kier alpha value is -2.56. The number of benzene rings is 2. The first-order chi connectivity index (χ1) is 17.2. The number of hydrogen-bond donors (Lipinski definition) is 2. The molecule has 1 aliphatic carbocycles. The summed E-state index contributed by atoms with van der Waals surface area (Å²) in [6.45, 7) is 11.4. The van der Waals surface area contributed by atoms with Gasteiger partial charge in [-0.2, -0.15) is 0 Å². The van der Waals surface area contributed by atoms with Crippen molar-refractivity contribution in [2.45, 2.75) is 88.5 Å². The molecule has 2 aromatic rings. The van der Waals surface area contributed by atoms with Crippen LogP contribution in [0.15, 0.2) is 70.8 Å². The minimum Gasteiger partial charge on any atom is -0.384 e. The number of para-hydroxylation sites is 2. The second-order valence-corrected chi connectivity index (χ2v) is 12.6. The molecule has 4 aliphatic heterocycles. The number of hydrogen-bond acceptors (Lipinski definition) is 4. The Balaban J connectivity index is 1.31. The summed E-state index contributed by atoms with van der Waals surface area (Å²) in [5.74, 6) is 0. The normalized spacial score (nSPS) is 31.6. The first-order valence-corrected chi connectivity index (χ1v) is 13.8. The smallest absolute Gasteiger partial charge is 0.102 e. The van der Waals surface area contributed by atoms with Gasteiger partial charge >= 0.3 is 0 Å². The topological polar surface area (TPSA) is 46.9 Å². The fourth-order valence-electron chi connectivity index (χ4n) is 8.63. The summed E-state index contributed by atoms with van der Waals surface area (Å²) in [6.07, 6.45) is 2.70. The molecule has 4 heterocycles. The molecular formula is C32H38N2O2. The Morgan fingerprint density at radius 3 is 1.44 bits per heavy atom. The van der Waals surface area contributed by atoms with Gasteiger partial charge in [-0.1, -0.05) is 64.1 Å². The van der Waals surface area contributed by atoms with Crippen molar-refractivity contribution in [1.29, 1.82) is 0 Å². The van der Waals surface area contributed by atoms with Gasteiger partial charge < -0.3 is 20.0 Å².